The van der Waals surface area contributed by atoms with E-state index >= 15 is 0 Å². The Balaban J connectivity index is 3.42. The van der Waals surface area contributed by atoms with Gasteiger partial charge in [0.2, 0.25) is 0 Å². The van der Waals surface area contributed by atoms with E-state index in [1.54, 1.807) is 0 Å². The molecule has 0 amide bonds. The van der Waals surface area contributed by atoms with E-state index in [0.29, 0.717) is 5.88 Å². The summed E-state index contributed by atoms with van der Waals surface area (Å²) in [5.74, 6) is 0.625. The van der Waals surface area contributed by atoms with Gasteiger partial charge in [0.25, 0.3) is 0 Å². The predicted octanol–water partition coefficient (Wildman–Crippen LogP) is 3.66. The molecule has 0 aliphatic rings. The van der Waals surface area contributed by atoms with Crippen molar-refractivity contribution in [3.8, 4) is 0 Å². The van der Waals surface area contributed by atoms with Crippen LogP contribution < -0.4 is 0 Å². The predicted molar refractivity (Wildman–Crippen MR) is 54.9 cm³/mol. The fourth-order valence-corrected chi connectivity index (χ4v) is 1.90. The van der Waals surface area contributed by atoms with Crippen molar-refractivity contribution in [2.45, 2.75) is 33.6 Å². The summed E-state index contributed by atoms with van der Waals surface area (Å²) in [5.41, 5.74) is 6.66. The van der Waals surface area contributed by atoms with Crippen LogP contribution in [-0.4, -0.2) is 0 Å². The molecule has 0 aromatic heterocycles. The first-order chi connectivity index (χ1) is 5.57. The van der Waals surface area contributed by atoms with Gasteiger partial charge in [-0.2, -0.15) is 0 Å². The fourth-order valence-electron chi connectivity index (χ4n) is 1.50. The van der Waals surface area contributed by atoms with E-state index in [0.717, 1.165) is 0 Å². The van der Waals surface area contributed by atoms with Gasteiger partial charge in [-0.3, -0.25) is 0 Å². The lowest BCUT2D eigenvalue weighted by Gasteiger charge is -2.12. The molecule has 1 rings (SSSR count). The summed E-state index contributed by atoms with van der Waals surface area (Å²) in [5, 5.41) is 0. The number of alkyl halides is 1. The number of rotatable bonds is 1. The SMILES string of the molecule is Cc1cc(C)c(C)c(CCl)c1C. The molecule has 0 saturated heterocycles. The quantitative estimate of drug-likeness (QED) is 0.582. The van der Waals surface area contributed by atoms with Crippen molar-refractivity contribution < 1.29 is 0 Å². The van der Waals surface area contributed by atoms with Crippen molar-refractivity contribution in [3.63, 3.8) is 0 Å². The molecular formula is C11H15Cl. The zero-order valence-electron chi connectivity index (χ0n) is 8.16. The molecule has 66 valence electrons. The van der Waals surface area contributed by atoms with Crippen molar-refractivity contribution in [1.82, 2.24) is 0 Å². The number of hydrogen-bond donors (Lipinski definition) is 0. The third-order valence-electron chi connectivity index (χ3n) is 2.65. The summed E-state index contributed by atoms with van der Waals surface area (Å²) in [6.07, 6.45) is 0. The summed E-state index contributed by atoms with van der Waals surface area (Å²) >= 11 is 5.88. The van der Waals surface area contributed by atoms with Crippen LogP contribution in [0, 0.1) is 27.7 Å². The van der Waals surface area contributed by atoms with Gasteiger partial charge in [-0.1, -0.05) is 6.07 Å². The van der Waals surface area contributed by atoms with E-state index < -0.39 is 0 Å². The number of halogens is 1. The van der Waals surface area contributed by atoms with Crippen LogP contribution in [0.5, 0.6) is 0 Å². The third-order valence-corrected chi connectivity index (χ3v) is 2.92. The fraction of sp³-hybridized carbons (Fsp3) is 0.455. The molecule has 0 unspecified atom stereocenters. The van der Waals surface area contributed by atoms with Crippen LogP contribution in [-0.2, 0) is 5.88 Å². The van der Waals surface area contributed by atoms with Crippen LogP contribution >= 0.6 is 11.6 Å². The Bertz CT molecular complexity index is 274. The van der Waals surface area contributed by atoms with Gasteiger partial charge in [-0.05, 0) is 55.5 Å². The first-order valence-corrected chi connectivity index (χ1v) is 4.73. The van der Waals surface area contributed by atoms with Gasteiger partial charge >= 0.3 is 0 Å². The number of aryl methyl sites for hydroxylation is 2. The van der Waals surface area contributed by atoms with Crippen LogP contribution in [0.1, 0.15) is 27.8 Å². The van der Waals surface area contributed by atoms with Gasteiger partial charge in [-0.15, -0.1) is 11.6 Å². The molecule has 0 atom stereocenters. The van der Waals surface area contributed by atoms with Gasteiger partial charge < -0.3 is 0 Å². The molecule has 0 saturated carbocycles. The smallest absolute Gasteiger partial charge is 0.0479 e. The van der Waals surface area contributed by atoms with Gasteiger partial charge in [0.05, 0.1) is 0 Å². The van der Waals surface area contributed by atoms with Gasteiger partial charge in [0.1, 0.15) is 0 Å². The zero-order chi connectivity index (χ0) is 9.30. The molecule has 0 N–H and O–H groups in total. The summed E-state index contributed by atoms with van der Waals surface area (Å²) < 4.78 is 0. The van der Waals surface area contributed by atoms with Crippen molar-refractivity contribution in [1.29, 1.82) is 0 Å². The molecule has 0 aliphatic heterocycles. The summed E-state index contributed by atoms with van der Waals surface area (Å²) in [4.78, 5) is 0. The Morgan fingerprint density at radius 1 is 1.00 bits per heavy atom. The van der Waals surface area contributed by atoms with Gasteiger partial charge in [0.15, 0.2) is 0 Å². The van der Waals surface area contributed by atoms with Crippen molar-refractivity contribution in [3.05, 3.63) is 33.9 Å². The Labute approximate surface area is 79.6 Å². The average molecular weight is 183 g/mol. The van der Waals surface area contributed by atoms with Gasteiger partial charge in [-0.25, -0.2) is 0 Å². The largest absolute Gasteiger partial charge is 0.122 e. The van der Waals surface area contributed by atoms with Crippen LogP contribution in [0.2, 0.25) is 0 Å². The molecule has 0 heterocycles. The van der Waals surface area contributed by atoms with Crippen LogP contribution in [0.15, 0.2) is 6.07 Å². The van der Waals surface area contributed by atoms with Crippen LogP contribution in [0.25, 0.3) is 0 Å². The molecule has 0 radical (unpaired) electrons. The summed E-state index contributed by atoms with van der Waals surface area (Å²) in [6.45, 7) is 8.55. The zero-order valence-corrected chi connectivity index (χ0v) is 8.92. The Morgan fingerprint density at radius 3 is 1.75 bits per heavy atom. The van der Waals surface area contributed by atoms with E-state index in [1.165, 1.54) is 27.8 Å². The highest BCUT2D eigenvalue weighted by Gasteiger charge is 2.06. The Morgan fingerprint density at radius 2 is 1.42 bits per heavy atom. The Kier molecular flexibility index (Phi) is 2.79. The standard InChI is InChI=1S/C11H15Cl/c1-7-5-8(2)10(4)11(6-12)9(7)3/h5H,6H2,1-4H3. The van der Waals surface area contributed by atoms with Crippen molar-refractivity contribution in [2.24, 2.45) is 0 Å². The van der Waals surface area contributed by atoms with Crippen LogP contribution in [0.4, 0.5) is 0 Å². The molecule has 0 nitrogen and oxygen atoms in total. The average Bonchev–Trinajstić information content (AvgIpc) is 2.02. The molecule has 0 fully saturated rings. The van der Waals surface area contributed by atoms with E-state index in [-0.39, 0.29) is 0 Å². The van der Waals surface area contributed by atoms with Crippen molar-refractivity contribution >= 4 is 11.6 Å². The van der Waals surface area contributed by atoms with E-state index in [4.69, 9.17) is 11.6 Å². The maximum Gasteiger partial charge on any atom is 0.0479 e. The molecule has 12 heavy (non-hydrogen) atoms. The lowest BCUT2D eigenvalue weighted by atomic mass is 9.95. The van der Waals surface area contributed by atoms with E-state index in [1.807, 2.05) is 0 Å². The normalized spacial score (nSPS) is 10.4. The monoisotopic (exact) mass is 182 g/mol. The topological polar surface area (TPSA) is 0 Å². The molecule has 1 heteroatoms. The molecule has 0 spiro atoms. The second-order valence-electron chi connectivity index (χ2n) is 3.37. The third kappa shape index (κ3) is 1.49. The maximum absolute atomic E-state index is 5.88. The lowest BCUT2D eigenvalue weighted by Crippen LogP contribution is -1.96. The highest BCUT2D eigenvalue weighted by Crippen LogP contribution is 2.22. The maximum atomic E-state index is 5.88. The lowest BCUT2D eigenvalue weighted by molar-refractivity contribution is 1.16. The number of hydrogen-bond acceptors (Lipinski definition) is 0. The minimum atomic E-state index is 0.625. The summed E-state index contributed by atoms with van der Waals surface area (Å²) in [6, 6.07) is 2.22. The second kappa shape index (κ2) is 3.49. The molecule has 1 aromatic rings. The minimum absolute atomic E-state index is 0.625. The van der Waals surface area contributed by atoms with E-state index in [2.05, 4.69) is 33.8 Å². The van der Waals surface area contributed by atoms with Crippen molar-refractivity contribution in [2.75, 3.05) is 0 Å². The van der Waals surface area contributed by atoms with E-state index in [9.17, 15) is 0 Å². The second-order valence-corrected chi connectivity index (χ2v) is 3.64. The minimum Gasteiger partial charge on any atom is -0.122 e. The number of benzene rings is 1. The molecule has 0 aliphatic carbocycles. The first-order valence-electron chi connectivity index (χ1n) is 4.20. The summed E-state index contributed by atoms with van der Waals surface area (Å²) in [7, 11) is 0. The Hall–Kier alpha value is -0.490. The van der Waals surface area contributed by atoms with Gasteiger partial charge in [0, 0.05) is 5.88 Å². The molecule has 0 bridgehead atoms. The molecular weight excluding hydrogens is 168 g/mol. The highest BCUT2D eigenvalue weighted by atomic mass is 35.5. The van der Waals surface area contributed by atoms with Crippen LogP contribution in [0.3, 0.4) is 0 Å². The molecule has 1 aromatic carbocycles. The first kappa shape index (κ1) is 9.60. The highest BCUT2D eigenvalue weighted by molar-refractivity contribution is 6.17.